The second-order valence-corrected chi connectivity index (χ2v) is 5.34. The Morgan fingerprint density at radius 3 is 2.74 bits per heavy atom. The lowest BCUT2D eigenvalue weighted by atomic mass is 10.4. The molecule has 1 rings (SSSR count). The van der Waals surface area contributed by atoms with Gasteiger partial charge in [0.05, 0.1) is 19.8 Å². The first-order chi connectivity index (χ1) is 9.22. The number of benzene rings is 1. The second kappa shape index (κ2) is 10.1. The van der Waals surface area contributed by atoms with Gasteiger partial charge in [-0.2, -0.15) is 0 Å². The van der Waals surface area contributed by atoms with Gasteiger partial charge in [0.1, 0.15) is 0 Å². The molecule has 19 heavy (non-hydrogen) atoms. The van der Waals surface area contributed by atoms with Crippen molar-refractivity contribution in [3.05, 3.63) is 29.3 Å². The molecule has 106 valence electrons. The third-order valence-electron chi connectivity index (χ3n) is 2.22. The first kappa shape index (κ1) is 16.3. The third-order valence-corrected chi connectivity index (χ3v) is 3.48. The molecular formula is C13H18ClNO3S. The van der Waals surface area contributed by atoms with E-state index in [1.807, 2.05) is 24.3 Å². The van der Waals surface area contributed by atoms with Gasteiger partial charge in [-0.3, -0.25) is 4.79 Å². The minimum Gasteiger partial charge on any atom is -0.394 e. The van der Waals surface area contributed by atoms with Gasteiger partial charge in [-0.25, -0.2) is 0 Å². The van der Waals surface area contributed by atoms with Crippen LogP contribution in [0.5, 0.6) is 0 Å². The third kappa shape index (κ3) is 8.10. The summed E-state index contributed by atoms with van der Waals surface area (Å²) in [6, 6.07) is 7.55. The zero-order valence-corrected chi connectivity index (χ0v) is 12.2. The van der Waals surface area contributed by atoms with Gasteiger partial charge in [0.2, 0.25) is 5.91 Å². The maximum Gasteiger partial charge on any atom is 0.220 e. The van der Waals surface area contributed by atoms with Gasteiger partial charge in [-0.1, -0.05) is 11.6 Å². The molecule has 0 radical (unpaired) electrons. The summed E-state index contributed by atoms with van der Waals surface area (Å²) in [6.45, 7) is 1.22. The van der Waals surface area contributed by atoms with Crippen LogP contribution >= 0.6 is 23.4 Å². The highest BCUT2D eigenvalue weighted by molar-refractivity contribution is 7.99. The second-order valence-electron chi connectivity index (χ2n) is 3.74. The maximum atomic E-state index is 11.5. The number of hydrogen-bond acceptors (Lipinski definition) is 4. The average molecular weight is 304 g/mol. The van der Waals surface area contributed by atoms with E-state index in [0.717, 1.165) is 10.6 Å². The zero-order chi connectivity index (χ0) is 13.9. The molecule has 0 aromatic heterocycles. The Morgan fingerprint density at radius 2 is 2.05 bits per heavy atom. The Hall–Kier alpha value is -0.750. The molecule has 1 aromatic carbocycles. The highest BCUT2D eigenvalue weighted by atomic mass is 35.5. The molecular weight excluding hydrogens is 286 g/mol. The van der Waals surface area contributed by atoms with Crippen LogP contribution in [0, 0.1) is 0 Å². The van der Waals surface area contributed by atoms with Crippen LogP contribution in [0.4, 0.5) is 0 Å². The normalized spacial score (nSPS) is 10.4. The lowest BCUT2D eigenvalue weighted by molar-refractivity contribution is -0.120. The predicted octanol–water partition coefficient (Wildman–Crippen LogP) is 1.95. The first-order valence-corrected chi connectivity index (χ1v) is 7.42. The monoisotopic (exact) mass is 303 g/mol. The van der Waals surface area contributed by atoms with Crippen LogP contribution in [0.2, 0.25) is 5.02 Å². The van der Waals surface area contributed by atoms with Crippen molar-refractivity contribution in [2.75, 3.05) is 32.1 Å². The molecule has 0 saturated heterocycles. The number of carbonyl (C=O) groups is 1. The Labute approximate surface area is 122 Å². The summed E-state index contributed by atoms with van der Waals surface area (Å²) in [6.07, 6.45) is 0.466. The minimum absolute atomic E-state index is 0.00563. The lowest BCUT2D eigenvalue weighted by Crippen LogP contribution is -2.27. The summed E-state index contributed by atoms with van der Waals surface area (Å²) >= 11 is 7.41. The molecule has 1 amide bonds. The van der Waals surface area contributed by atoms with Gasteiger partial charge in [0.15, 0.2) is 0 Å². The highest BCUT2D eigenvalue weighted by Gasteiger charge is 2.01. The predicted molar refractivity (Wildman–Crippen MR) is 77.7 cm³/mol. The Balaban J connectivity index is 2.05. The number of carbonyl (C=O) groups excluding carboxylic acids is 1. The van der Waals surface area contributed by atoms with Gasteiger partial charge < -0.3 is 15.2 Å². The van der Waals surface area contributed by atoms with E-state index in [1.165, 1.54) is 0 Å². The van der Waals surface area contributed by atoms with Gasteiger partial charge in [0, 0.05) is 28.6 Å². The number of nitrogens with one attached hydrogen (secondary N) is 1. The zero-order valence-electron chi connectivity index (χ0n) is 10.6. The molecule has 4 nitrogen and oxygen atoms in total. The summed E-state index contributed by atoms with van der Waals surface area (Å²) in [4.78, 5) is 12.6. The van der Waals surface area contributed by atoms with Crippen molar-refractivity contribution in [3.8, 4) is 0 Å². The summed E-state index contributed by atoms with van der Waals surface area (Å²) in [7, 11) is 0. The van der Waals surface area contributed by atoms with E-state index in [-0.39, 0.29) is 12.5 Å². The SMILES string of the molecule is O=C(CCSc1ccc(Cl)cc1)NCCOCCO. The van der Waals surface area contributed by atoms with E-state index in [9.17, 15) is 4.79 Å². The molecule has 1 aromatic rings. The van der Waals surface area contributed by atoms with Crippen molar-refractivity contribution >= 4 is 29.3 Å². The number of aliphatic hydroxyl groups excluding tert-OH is 1. The van der Waals surface area contributed by atoms with Crippen LogP contribution in [-0.4, -0.2) is 43.1 Å². The molecule has 6 heteroatoms. The van der Waals surface area contributed by atoms with Crippen molar-refractivity contribution in [1.29, 1.82) is 0 Å². The van der Waals surface area contributed by atoms with Gasteiger partial charge in [-0.05, 0) is 24.3 Å². The number of amides is 1. The fourth-order valence-corrected chi connectivity index (χ4v) is 2.29. The highest BCUT2D eigenvalue weighted by Crippen LogP contribution is 2.20. The summed E-state index contributed by atoms with van der Waals surface area (Å²) in [5.74, 6) is 0.736. The summed E-state index contributed by atoms with van der Waals surface area (Å²) < 4.78 is 5.04. The molecule has 0 heterocycles. The van der Waals surface area contributed by atoms with Crippen LogP contribution < -0.4 is 5.32 Å². The van der Waals surface area contributed by atoms with Crippen molar-refractivity contribution in [3.63, 3.8) is 0 Å². The van der Waals surface area contributed by atoms with Gasteiger partial charge in [0.25, 0.3) is 0 Å². The van der Waals surface area contributed by atoms with E-state index in [0.29, 0.717) is 31.2 Å². The minimum atomic E-state index is 0.00563. The van der Waals surface area contributed by atoms with Crippen molar-refractivity contribution < 1.29 is 14.6 Å². The van der Waals surface area contributed by atoms with Crippen LogP contribution in [0.15, 0.2) is 29.2 Å². The van der Waals surface area contributed by atoms with E-state index in [1.54, 1.807) is 11.8 Å². The van der Waals surface area contributed by atoms with Gasteiger partial charge >= 0.3 is 0 Å². The number of aliphatic hydroxyl groups is 1. The molecule has 0 fully saturated rings. The van der Waals surface area contributed by atoms with Crippen molar-refractivity contribution in [2.45, 2.75) is 11.3 Å². The lowest BCUT2D eigenvalue weighted by Gasteiger charge is -2.05. The molecule has 0 unspecified atom stereocenters. The smallest absolute Gasteiger partial charge is 0.220 e. The fourth-order valence-electron chi connectivity index (χ4n) is 1.31. The van der Waals surface area contributed by atoms with E-state index in [4.69, 9.17) is 21.4 Å². The average Bonchev–Trinajstić information content (AvgIpc) is 2.41. The summed E-state index contributed by atoms with van der Waals surface area (Å²) in [5.41, 5.74) is 0. The molecule has 0 spiro atoms. The number of thioether (sulfide) groups is 1. The molecule has 0 atom stereocenters. The Kier molecular flexibility index (Phi) is 8.66. The number of hydrogen-bond donors (Lipinski definition) is 2. The maximum absolute atomic E-state index is 11.5. The Morgan fingerprint density at radius 1 is 1.32 bits per heavy atom. The van der Waals surface area contributed by atoms with E-state index < -0.39 is 0 Å². The molecule has 0 aliphatic carbocycles. The number of halogens is 1. The van der Waals surface area contributed by atoms with Crippen LogP contribution in [-0.2, 0) is 9.53 Å². The molecule has 0 aliphatic heterocycles. The first-order valence-electron chi connectivity index (χ1n) is 6.06. The fraction of sp³-hybridized carbons (Fsp3) is 0.462. The standard InChI is InChI=1S/C13H18ClNO3S/c14-11-1-3-12(4-2-11)19-10-5-13(17)15-6-8-18-9-7-16/h1-4,16H,5-10H2,(H,15,17). The Bertz CT molecular complexity index is 373. The topological polar surface area (TPSA) is 58.6 Å². The van der Waals surface area contributed by atoms with Crippen molar-refractivity contribution in [1.82, 2.24) is 5.32 Å². The summed E-state index contributed by atoms with van der Waals surface area (Å²) in [5, 5.41) is 12.0. The van der Waals surface area contributed by atoms with E-state index >= 15 is 0 Å². The van der Waals surface area contributed by atoms with Gasteiger partial charge in [-0.15, -0.1) is 11.8 Å². The van der Waals surface area contributed by atoms with Crippen LogP contribution in [0.3, 0.4) is 0 Å². The molecule has 0 saturated carbocycles. The van der Waals surface area contributed by atoms with E-state index in [2.05, 4.69) is 5.32 Å². The largest absolute Gasteiger partial charge is 0.394 e. The molecule has 0 bridgehead atoms. The van der Waals surface area contributed by atoms with Crippen molar-refractivity contribution in [2.24, 2.45) is 0 Å². The molecule has 2 N–H and O–H groups in total. The number of rotatable bonds is 9. The number of ether oxygens (including phenoxy) is 1. The van der Waals surface area contributed by atoms with Crippen LogP contribution in [0.25, 0.3) is 0 Å². The van der Waals surface area contributed by atoms with Crippen LogP contribution in [0.1, 0.15) is 6.42 Å². The molecule has 0 aliphatic rings. The quantitative estimate of drug-likeness (QED) is 0.541.